The summed E-state index contributed by atoms with van der Waals surface area (Å²) >= 11 is 0. The van der Waals surface area contributed by atoms with Crippen LogP contribution in [0, 0.1) is 0 Å². The SMILES string of the molecule is CCNCc1ccc(S(=O)(=O)N2CCCCCCC2)o1. The van der Waals surface area contributed by atoms with Crippen molar-refractivity contribution in [2.24, 2.45) is 0 Å². The van der Waals surface area contributed by atoms with Gasteiger partial charge >= 0.3 is 0 Å². The number of hydrogen-bond donors (Lipinski definition) is 1. The summed E-state index contributed by atoms with van der Waals surface area (Å²) in [4.78, 5) is 0. The largest absolute Gasteiger partial charge is 0.447 e. The number of rotatable bonds is 5. The Morgan fingerprint density at radius 3 is 2.45 bits per heavy atom. The fraction of sp³-hybridized carbons (Fsp3) is 0.714. The Kier molecular flexibility index (Phi) is 5.63. The molecule has 0 atom stereocenters. The highest BCUT2D eigenvalue weighted by Crippen LogP contribution is 2.21. The second-order valence-corrected chi connectivity index (χ2v) is 7.04. The minimum atomic E-state index is -3.47. The van der Waals surface area contributed by atoms with Gasteiger partial charge in [-0.15, -0.1) is 0 Å². The maximum absolute atomic E-state index is 12.6. The third-order valence-corrected chi connectivity index (χ3v) is 5.37. The molecule has 20 heavy (non-hydrogen) atoms. The average molecular weight is 300 g/mol. The predicted octanol–water partition coefficient (Wildman–Crippen LogP) is 2.34. The lowest BCUT2D eigenvalue weighted by Crippen LogP contribution is -2.33. The summed E-state index contributed by atoms with van der Waals surface area (Å²) in [5, 5.41) is 3.20. The van der Waals surface area contributed by atoms with E-state index in [1.807, 2.05) is 6.92 Å². The molecule has 1 aromatic rings. The van der Waals surface area contributed by atoms with Gasteiger partial charge in [0, 0.05) is 13.1 Å². The summed E-state index contributed by atoms with van der Waals surface area (Å²) in [6.45, 7) is 4.60. The van der Waals surface area contributed by atoms with Crippen molar-refractivity contribution >= 4 is 10.0 Å². The third-order valence-electron chi connectivity index (χ3n) is 3.60. The minimum absolute atomic E-state index is 0.0750. The Labute approximate surface area is 121 Å². The van der Waals surface area contributed by atoms with Crippen molar-refractivity contribution in [2.45, 2.75) is 50.7 Å². The highest BCUT2D eigenvalue weighted by atomic mass is 32.2. The molecule has 5 nitrogen and oxygen atoms in total. The maximum Gasteiger partial charge on any atom is 0.276 e. The van der Waals surface area contributed by atoms with E-state index in [2.05, 4.69) is 5.32 Å². The summed E-state index contributed by atoms with van der Waals surface area (Å²) in [5.41, 5.74) is 0. The van der Waals surface area contributed by atoms with Crippen LogP contribution in [0.15, 0.2) is 21.6 Å². The number of nitrogens with one attached hydrogen (secondary N) is 1. The molecule has 1 aliphatic rings. The van der Waals surface area contributed by atoms with E-state index in [0.717, 1.165) is 32.2 Å². The van der Waals surface area contributed by atoms with Gasteiger partial charge in [-0.05, 0) is 31.5 Å². The molecule has 0 spiro atoms. The molecule has 2 heterocycles. The average Bonchev–Trinajstić information content (AvgIpc) is 2.84. The van der Waals surface area contributed by atoms with Crippen molar-refractivity contribution in [1.29, 1.82) is 0 Å². The summed E-state index contributed by atoms with van der Waals surface area (Å²) in [6, 6.07) is 3.31. The van der Waals surface area contributed by atoms with Gasteiger partial charge in [-0.25, -0.2) is 8.42 Å². The predicted molar refractivity (Wildman–Crippen MR) is 77.9 cm³/mol. The zero-order chi connectivity index (χ0) is 14.4. The van der Waals surface area contributed by atoms with Gasteiger partial charge in [0.1, 0.15) is 5.76 Å². The fourth-order valence-electron chi connectivity index (χ4n) is 2.43. The van der Waals surface area contributed by atoms with Gasteiger partial charge in [0.15, 0.2) is 0 Å². The highest BCUT2D eigenvalue weighted by molar-refractivity contribution is 7.89. The van der Waals surface area contributed by atoms with Crippen molar-refractivity contribution in [1.82, 2.24) is 9.62 Å². The summed E-state index contributed by atoms with van der Waals surface area (Å²) < 4.78 is 32.2. The van der Waals surface area contributed by atoms with Crippen LogP contribution >= 0.6 is 0 Å². The van der Waals surface area contributed by atoms with Gasteiger partial charge in [0.25, 0.3) is 10.0 Å². The Hall–Kier alpha value is -0.850. The van der Waals surface area contributed by atoms with Crippen LogP contribution in [0.2, 0.25) is 0 Å². The van der Waals surface area contributed by atoms with Gasteiger partial charge in [-0.1, -0.05) is 26.2 Å². The van der Waals surface area contributed by atoms with E-state index in [1.54, 1.807) is 16.4 Å². The monoisotopic (exact) mass is 300 g/mol. The van der Waals surface area contributed by atoms with Crippen molar-refractivity contribution in [2.75, 3.05) is 19.6 Å². The molecular weight excluding hydrogens is 276 g/mol. The lowest BCUT2D eigenvalue weighted by molar-refractivity contribution is 0.340. The molecule has 114 valence electrons. The lowest BCUT2D eigenvalue weighted by atomic mass is 10.1. The first-order valence-corrected chi connectivity index (χ1v) is 8.88. The molecule has 1 N–H and O–H groups in total. The highest BCUT2D eigenvalue weighted by Gasteiger charge is 2.27. The first kappa shape index (κ1) is 15.5. The van der Waals surface area contributed by atoms with Gasteiger partial charge in [0.2, 0.25) is 5.09 Å². The van der Waals surface area contributed by atoms with Crippen LogP contribution in [-0.2, 0) is 16.6 Å². The van der Waals surface area contributed by atoms with Crippen molar-refractivity contribution < 1.29 is 12.8 Å². The molecule has 0 bridgehead atoms. The summed E-state index contributed by atoms with van der Waals surface area (Å²) in [5.74, 6) is 0.664. The van der Waals surface area contributed by atoms with Crippen LogP contribution in [0.25, 0.3) is 0 Å². The molecule has 0 radical (unpaired) electrons. The second kappa shape index (κ2) is 7.24. The van der Waals surface area contributed by atoms with Crippen molar-refractivity contribution in [3.05, 3.63) is 17.9 Å². The third kappa shape index (κ3) is 3.84. The van der Waals surface area contributed by atoms with E-state index in [9.17, 15) is 8.42 Å². The molecule has 0 saturated carbocycles. The molecule has 0 unspecified atom stereocenters. The van der Waals surface area contributed by atoms with Crippen LogP contribution < -0.4 is 5.32 Å². The zero-order valence-electron chi connectivity index (χ0n) is 12.1. The standard InChI is InChI=1S/C14H24N2O3S/c1-2-15-12-13-8-9-14(19-13)20(17,18)16-10-6-4-3-5-7-11-16/h8-9,15H,2-7,10-12H2,1H3. The topological polar surface area (TPSA) is 62.6 Å². The summed E-state index contributed by atoms with van der Waals surface area (Å²) in [6.07, 6.45) is 5.29. The maximum atomic E-state index is 12.6. The zero-order valence-corrected chi connectivity index (χ0v) is 12.9. The number of hydrogen-bond acceptors (Lipinski definition) is 4. The molecule has 0 amide bonds. The van der Waals surface area contributed by atoms with E-state index < -0.39 is 10.0 Å². The fourth-order valence-corrected chi connectivity index (χ4v) is 3.87. The first-order chi connectivity index (χ1) is 9.64. The van der Waals surface area contributed by atoms with E-state index in [4.69, 9.17) is 4.42 Å². The molecule has 0 aromatic carbocycles. The molecule has 1 fully saturated rings. The number of sulfonamides is 1. The molecule has 1 aromatic heterocycles. The van der Waals surface area contributed by atoms with Gasteiger partial charge in [-0.2, -0.15) is 4.31 Å². The van der Waals surface area contributed by atoms with Crippen LogP contribution in [-0.4, -0.2) is 32.4 Å². The molecule has 6 heteroatoms. The Bertz CT molecular complexity index is 502. The van der Waals surface area contributed by atoms with Crippen LogP contribution in [0.5, 0.6) is 0 Å². The normalized spacial score (nSPS) is 18.6. The van der Waals surface area contributed by atoms with Gasteiger partial charge in [-0.3, -0.25) is 0 Å². The molecular formula is C14H24N2O3S. The molecule has 1 saturated heterocycles. The smallest absolute Gasteiger partial charge is 0.276 e. The van der Waals surface area contributed by atoms with Crippen molar-refractivity contribution in [3.63, 3.8) is 0 Å². The quantitative estimate of drug-likeness (QED) is 0.906. The lowest BCUT2D eigenvalue weighted by Gasteiger charge is -2.22. The van der Waals surface area contributed by atoms with E-state index >= 15 is 0 Å². The summed E-state index contributed by atoms with van der Waals surface area (Å²) in [7, 11) is -3.47. The molecule has 1 aliphatic heterocycles. The number of furan rings is 1. The Morgan fingerprint density at radius 2 is 1.80 bits per heavy atom. The molecule has 2 rings (SSSR count). The van der Waals surface area contributed by atoms with Crippen LogP contribution in [0.3, 0.4) is 0 Å². The Morgan fingerprint density at radius 1 is 1.15 bits per heavy atom. The number of nitrogens with zero attached hydrogens (tertiary/aromatic N) is 1. The van der Waals surface area contributed by atoms with E-state index in [-0.39, 0.29) is 5.09 Å². The minimum Gasteiger partial charge on any atom is -0.447 e. The Balaban J connectivity index is 2.09. The van der Waals surface area contributed by atoms with E-state index in [1.165, 1.54) is 6.42 Å². The first-order valence-electron chi connectivity index (χ1n) is 7.44. The molecule has 0 aliphatic carbocycles. The van der Waals surface area contributed by atoms with Crippen molar-refractivity contribution in [3.8, 4) is 0 Å². The van der Waals surface area contributed by atoms with E-state index in [0.29, 0.717) is 25.4 Å². The second-order valence-electron chi connectivity index (χ2n) is 5.17. The van der Waals surface area contributed by atoms with Crippen LogP contribution in [0.1, 0.15) is 44.8 Å². The van der Waals surface area contributed by atoms with Gasteiger partial charge < -0.3 is 9.73 Å². The van der Waals surface area contributed by atoms with Crippen LogP contribution in [0.4, 0.5) is 0 Å². The van der Waals surface area contributed by atoms with Gasteiger partial charge in [0.05, 0.1) is 6.54 Å².